The van der Waals surface area contributed by atoms with E-state index in [1.54, 1.807) is 12.1 Å². The number of fused-ring (bicyclic) bond motifs is 1. The molecule has 6 heteroatoms. The molecule has 0 bridgehead atoms. The van der Waals surface area contributed by atoms with Crippen molar-refractivity contribution in [3.8, 4) is 0 Å². The summed E-state index contributed by atoms with van der Waals surface area (Å²) in [6.07, 6.45) is 0. The Morgan fingerprint density at radius 3 is 2.67 bits per heavy atom. The molecule has 1 atom stereocenters. The van der Waals surface area contributed by atoms with E-state index < -0.39 is 0 Å². The molecule has 0 saturated heterocycles. The summed E-state index contributed by atoms with van der Waals surface area (Å²) in [6.45, 7) is 3.92. The van der Waals surface area contributed by atoms with Crippen molar-refractivity contribution < 1.29 is 0 Å². The van der Waals surface area contributed by atoms with Crippen molar-refractivity contribution >= 4 is 23.0 Å². The van der Waals surface area contributed by atoms with Crippen LogP contribution in [0.25, 0.3) is 5.70 Å². The molecule has 98 valence electrons. The maximum atomic E-state index is 6.23. The number of rotatable bonds is 1. The molecule has 1 aromatic rings. The topological polar surface area (TPSA) is 71.4 Å². The average Bonchev–Trinajstić information content (AvgIpc) is 2.25. The Labute approximate surface area is 112 Å². The number of hydrogen-bond donors (Lipinski definition) is 2. The second-order valence-electron chi connectivity index (χ2n) is 4.65. The molecule has 0 aromatic carbocycles. The first kappa shape index (κ1) is 13.0. The zero-order valence-electron chi connectivity index (χ0n) is 11.0. The van der Waals surface area contributed by atoms with Gasteiger partial charge >= 0.3 is 0 Å². The number of nitrogens with zero attached hydrogens (tertiary/aromatic N) is 3. The normalized spacial score (nSPS) is 19.0. The number of hydrazine groups is 1. The zero-order valence-corrected chi connectivity index (χ0v) is 11.8. The molecule has 0 amide bonds. The second kappa shape index (κ2) is 4.33. The number of aromatic nitrogens is 1. The molecule has 1 unspecified atom stereocenters. The Balaban J connectivity index is 2.75. The quantitative estimate of drug-likeness (QED) is 0.456. The summed E-state index contributed by atoms with van der Waals surface area (Å²) in [5.41, 5.74) is 10.4. The van der Waals surface area contributed by atoms with E-state index in [4.69, 9.17) is 23.2 Å². The maximum Gasteiger partial charge on any atom is 0.153 e. The highest BCUT2D eigenvalue weighted by Crippen LogP contribution is 2.39. The van der Waals surface area contributed by atoms with Gasteiger partial charge in [0.15, 0.2) is 5.15 Å². The van der Waals surface area contributed by atoms with Gasteiger partial charge in [-0.25, -0.2) is 10.8 Å². The first-order valence-corrected chi connectivity index (χ1v) is 6.10. The molecule has 0 spiro atoms. The van der Waals surface area contributed by atoms with Crippen LogP contribution in [-0.4, -0.2) is 30.1 Å². The van der Waals surface area contributed by atoms with Gasteiger partial charge < -0.3 is 15.6 Å². The van der Waals surface area contributed by atoms with Crippen LogP contribution in [0, 0.1) is 6.92 Å². The Bertz CT molecular complexity index is 523. The van der Waals surface area contributed by atoms with Gasteiger partial charge in [-0.2, -0.15) is 0 Å². The second-order valence-corrected chi connectivity index (χ2v) is 5.01. The summed E-state index contributed by atoms with van der Waals surface area (Å²) in [7, 11) is 3.75. The summed E-state index contributed by atoms with van der Waals surface area (Å²) < 4.78 is 0. The van der Waals surface area contributed by atoms with Crippen molar-refractivity contribution in [3.05, 3.63) is 28.2 Å². The van der Waals surface area contributed by atoms with Gasteiger partial charge in [0.25, 0.3) is 0 Å². The van der Waals surface area contributed by atoms with Crippen LogP contribution in [-0.2, 0) is 0 Å². The molecule has 1 aliphatic rings. The predicted octanol–water partition coefficient (Wildman–Crippen LogP) is 1.31. The first-order chi connectivity index (χ1) is 8.34. The van der Waals surface area contributed by atoms with E-state index in [9.17, 15) is 0 Å². The van der Waals surface area contributed by atoms with Crippen molar-refractivity contribution in [1.29, 1.82) is 0 Å². The van der Waals surface area contributed by atoms with E-state index >= 15 is 0 Å². The van der Waals surface area contributed by atoms with Crippen LogP contribution in [0.1, 0.15) is 18.2 Å². The fraction of sp³-hybridized carbons (Fsp3) is 0.417. The summed E-state index contributed by atoms with van der Waals surface area (Å²) in [6, 6.07) is 1.98. The monoisotopic (exact) mass is 267 g/mol. The van der Waals surface area contributed by atoms with Gasteiger partial charge in [-0.3, -0.25) is 0 Å². The molecule has 0 radical (unpaired) electrons. The minimum Gasteiger partial charge on any atom is -0.397 e. The number of pyridine rings is 1. The molecule has 0 aliphatic carbocycles. The lowest BCUT2D eigenvalue weighted by atomic mass is 9.99. The van der Waals surface area contributed by atoms with Gasteiger partial charge in [0.05, 0.1) is 23.1 Å². The van der Waals surface area contributed by atoms with Gasteiger partial charge in [0, 0.05) is 25.4 Å². The largest absolute Gasteiger partial charge is 0.397 e. The smallest absolute Gasteiger partial charge is 0.153 e. The lowest BCUT2D eigenvalue weighted by Crippen LogP contribution is -2.44. The van der Waals surface area contributed by atoms with Crippen LogP contribution >= 0.6 is 11.6 Å². The SMILES string of the molecule is Cc1cc2c(c(Cl)n1)N(C)C(C)C(N(C)N)=C2N. The average molecular weight is 268 g/mol. The molecule has 1 aromatic heterocycles. The molecular formula is C12H18ClN5. The number of likely N-dealkylation sites (N-methyl/N-ethyl adjacent to an activating group) is 2. The highest BCUT2D eigenvalue weighted by Gasteiger charge is 2.30. The lowest BCUT2D eigenvalue weighted by Gasteiger charge is -2.38. The molecule has 2 heterocycles. The van der Waals surface area contributed by atoms with E-state index in [1.165, 1.54) is 0 Å². The number of halogens is 1. The van der Waals surface area contributed by atoms with Crippen molar-refractivity contribution in [2.45, 2.75) is 19.9 Å². The van der Waals surface area contributed by atoms with E-state index in [-0.39, 0.29) is 6.04 Å². The van der Waals surface area contributed by atoms with E-state index in [1.807, 2.05) is 31.9 Å². The number of anilines is 1. The van der Waals surface area contributed by atoms with Crippen LogP contribution in [0.2, 0.25) is 5.15 Å². The molecule has 5 nitrogen and oxygen atoms in total. The van der Waals surface area contributed by atoms with Crippen LogP contribution in [0.15, 0.2) is 11.8 Å². The van der Waals surface area contributed by atoms with Crippen LogP contribution < -0.4 is 16.5 Å². The zero-order chi connectivity index (χ0) is 13.6. The first-order valence-electron chi connectivity index (χ1n) is 5.73. The third-order valence-corrected chi connectivity index (χ3v) is 3.62. The summed E-state index contributed by atoms with van der Waals surface area (Å²) in [4.78, 5) is 6.32. The van der Waals surface area contributed by atoms with Crippen LogP contribution in [0.4, 0.5) is 5.69 Å². The summed E-state index contributed by atoms with van der Waals surface area (Å²) in [5, 5.41) is 2.03. The number of nitrogens with two attached hydrogens (primary N) is 2. The van der Waals surface area contributed by atoms with E-state index in [0.717, 1.165) is 22.6 Å². The molecule has 18 heavy (non-hydrogen) atoms. The van der Waals surface area contributed by atoms with Crippen molar-refractivity contribution in [2.24, 2.45) is 11.6 Å². The minimum atomic E-state index is 0.0505. The fourth-order valence-electron chi connectivity index (χ4n) is 2.39. The minimum absolute atomic E-state index is 0.0505. The van der Waals surface area contributed by atoms with Gasteiger partial charge in [0.2, 0.25) is 0 Å². The van der Waals surface area contributed by atoms with Crippen molar-refractivity contribution in [2.75, 3.05) is 19.0 Å². The van der Waals surface area contributed by atoms with Gasteiger partial charge in [-0.05, 0) is 19.9 Å². The third kappa shape index (κ3) is 1.79. The maximum absolute atomic E-state index is 6.23. The highest BCUT2D eigenvalue weighted by molar-refractivity contribution is 6.32. The molecule has 1 aliphatic heterocycles. The van der Waals surface area contributed by atoms with E-state index in [2.05, 4.69) is 4.98 Å². The molecule has 0 fully saturated rings. The fourth-order valence-corrected chi connectivity index (χ4v) is 2.76. The third-order valence-electron chi connectivity index (χ3n) is 3.35. The van der Waals surface area contributed by atoms with E-state index in [0.29, 0.717) is 10.9 Å². The molecule has 2 rings (SSSR count). The Hall–Kier alpha value is -1.46. The Kier molecular flexibility index (Phi) is 3.12. The Morgan fingerprint density at radius 2 is 2.11 bits per heavy atom. The van der Waals surface area contributed by atoms with Crippen LogP contribution in [0.5, 0.6) is 0 Å². The molecule has 0 saturated carbocycles. The standard InChI is InChI=1S/C12H18ClN5/c1-6-5-8-9(14)10(18(4)15)7(2)17(3)11(8)12(13)16-6/h5,7H,14-15H2,1-4H3. The van der Waals surface area contributed by atoms with Crippen molar-refractivity contribution in [1.82, 2.24) is 9.99 Å². The summed E-state index contributed by atoms with van der Waals surface area (Å²) in [5.74, 6) is 5.86. The Morgan fingerprint density at radius 1 is 1.50 bits per heavy atom. The highest BCUT2D eigenvalue weighted by atomic mass is 35.5. The number of hydrogen-bond acceptors (Lipinski definition) is 5. The van der Waals surface area contributed by atoms with Crippen LogP contribution in [0.3, 0.4) is 0 Å². The van der Waals surface area contributed by atoms with Gasteiger partial charge in [0.1, 0.15) is 0 Å². The van der Waals surface area contributed by atoms with Gasteiger partial charge in [-0.15, -0.1) is 0 Å². The van der Waals surface area contributed by atoms with Gasteiger partial charge in [-0.1, -0.05) is 11.6 Å². The lowest BCUT2D eigenvalue weighted by molar-refractivity contribution is 0.405. The van der Waals surface area contributed by atoms with Crippen molar-refractivity contribution in [3.63, 3.8) is 0 Å². The predicted molar refractivity (Wildman–Crippen MR) is 74.9 cm³/mol. The molecule has 4 N–H and O–H groups in total. The summed E-state index contributed by atoms with van der Waals surface area (Å²) >= 11 is 6.22. The molecular weight excluding hydrogens is 250 g/mol. The number of aryl methyl sites for hydroxylation is 1.